The lowest BCUT2D eigenvalue weighted by molar-refractivity contribution is -0.0716. The highest BCUT2D eigenvalue weighted by molar-refractivity contribution is 9.10. The summed E-state index contributed by atoms with van der Waals surface area (Å²) in [4.78, 5) is 12.1. The van der Waals surface area contributed by atoms with E-state index in [0.29, 0.717) is 24.3 Å². The Balaban J connectivity index is 1.98. The molecule has 0 radical (unpaired) electrons. The molecular formula is C13H13BrO3. The number of ketones is 1. The lowest BCUT2D eigenvalue weighted by Gasteiger charge is -2.40. The Hall–Kier alpha value is -0.870. The molecule has 2 heterocycles. The highest BCUT2D eigenvalue weighted by Crippen LogP contribution is 2.38. The Labute approximate surface area is 108 Å². The normalized spacial score (nSPS) is 27.7. The molecule has 0 aromatic heterocycles. The number of rotatable bonds is 0. The van der Waals surface area contributed by atoms with Crippen molar-refractivity contribution in [3.8, 4) is 5.75 Å². The second-order valence-corrected chi connectivity index (χ2v) is 5.60. The van der Waals surface area contributed by atoms with Gasteiger partial charge >= 0.3 is 0 Å². The molecule has 1 fully saturated rings. The van der Waals surface area contributed by atoms with Crippen molar-refractivity contribution in [3.63, 3.8) is 0 Å². The first-order valence-electron chi connectivity index (χ1n) is 5.78. The van der Waals surface area contributed by atoms with Crippen LogP contribution in [0.15, 0.2) is 22.7 Å². The predicted octanol–water partition coefficient (Wildman–Crippen LogP) is 2.96. The van der Waals surface area contributed by atoms with Crippen molar-refractivity contribution in [1.82, 2.24) is 0 Å². The van der Waals surface area contributed by atoms with Crippen LogP contribution in [0.5, 0.6) is 5.75 Å². The van der Waals surface area contributed by atoms with Gasteiger partial charge in [0.05, 0.1) is 18.6 Å². The molecule has 0 N–H and O–H groups in total. The number of carbonyl (C=O) groups is 1. The molecule has 1 aromatic carbocycles. The van der Waals surface area contributed by atoms with Crippen molar-refractivity contribution in [2.45, 2.75) is 24.9 Å². The van der Waals surface area contributed by atoms with Crippen molar-refractivity contribution in [2.75, 3.05) is 13.2 Å². The van der Waals surface area contributed by atoms with Crippen molar-refractivity contribution < 1.29 is 14.3 Å². The van der Waals surface area contributed by atoms with Gasteiger partial charge in [-0.15, -0.1) is 0 Å². The summed E-state index contributed by atoms with van der Waals surface area (Å²) in [6.45, 7) is 1.29. The van der Waals surface area contributed by atoms with Gasteiger partial charge in [0.2, 0.25) is 0 Å². The minimum Gasteiger partial charge on any atom is -0.484 e. The van der Waals surface area contributed by atoms with E-state index in [-0.39, 0.29) is 5.78 Å². The number of fused-ring (bicyclic) bond motifs is 1. The van der Waals surface area contributed by atoms with E-state index in [2.05, 4.69) is 15.9 Å². The fraction of sp³-hybridized carbons (Fsp3) is 0.462. The van der Waals surface area contributed by atoms with Gasteiger partial charge in [0, 0.05) is 11.1 Å². The first kappa shape index (κ1) is 11.2. The monoisotopic (exact) mass is 296 g/mol. The van der Waals surface area contributed by atoms with Crippen LogP contribution in [-0.2, 0) is 4.74 Å². The second-order valence-electron chi connectivity index (χ2n) is 4.68. The zero-order valence-electron chi connectivity index (χ0n) is 9.37. The molecule has 1 saturated heterocycles. The maximum Gasteiger partial charge on any atom is 0.170 e. The molecule has 1 spiro atoms. The summed E-state index contributed by atoms with van der Waals surface area (Å²) in [5.41, 5.74) is 0.257. The molecule has 2 aliphatic heterocycles. The fourth-order valence-electron chi connectivity index (χ4n) is 2.51. The third-order valence-electron chi connectivity index (χ3n) is 3.34. The van der Waals surface area contributed by atoms with Crippen LogP contribution in [0.1, 0.15) is 29.6 Å². The number of hydrogen-bond donors (Lipinski definition) is 0. The SMILES string of the molecule is O=C1CC2(CCCOC2)Oc2cc(Br)ccc21. The van der Waals surface area contributed by atoms with Crippen LogP contribution in [0.3, 0.4) is 0 Å². The topological polar surface area (TPSA) is 35.5 Å². The molecule has 0 aliphatic carbocycles. The second kappa shape index (κ2) is 4.10. The van der Waals surface area contributed by atoms with Gasteiger partial charge in [0.25, 0.3) is 0 Å². The number of benzene rings is 1. The Kier molecular flexibility index (Phi) is 2.71. The molecule has 1 unspecified atom stereocenters. The molecule has 4 heteroatoms. The lowest BCUT2D eigenvalue weighted by atomic mass is 9.86. The minimum atomic E-state index is -0.427. The summed E-state index contributed by atoms with van der Waals surface area (Å²) in [6, 6.07) is 5.55. The number of Topliss-reactive ketones (excluding diaryl/α,β-unsaturated/α-hetero) is 1. The highest BCUT2D eigenvalue weighted by Gasteiger charge is 2.42. The number of carbonyl (C=O) groups excluding carboxylic acids is 1. The third kappa shape index (κ3) is 2.00. The maximum atomic E-state index is 12.1. The van der Waals surface area contributed by atoms with Gasteiger partial charge < -0.3 is 9.47 Å². The van der Waals surface area contributed by atoms with Crippen molar-refractivity contribution in [3.05, 3.63) is 28.2 Å². The molecule has 3 nitrogen and oxygen atoms in total. The summed E-state index contributed by atoms with van der Waals surface area (Å²) in [5, 5.41) is 0. The molecular weight excluding hydrogens is 284 g/mol. The highest BCUT2D eigenvalue weighted by atomic mass is 79.9. The summed E-state index contributed by atoms with van der Waals surface area (Å²) in [7, 11) is 0. The molecule has 0 amide bonds. The summed E-state index contributed by atoms with van der Waals surface area (Å²) in [6.07, 6.45) is 2.28. The van der Waals surface area contributed by atoms with Gasteiger partial charge in [-0.05, 0) is 31.0 Å². The van der Waals surface area contributed by atoms with E-state index < -0.39 is 5.60 Å². The van der Waals surface area contributed by atoms with Gasteiger partial charge in [-0.25, -0.2) is 0 Å². The molecule has 17 heavy (non-hydrogen) atoms. The molecule has 0 saturated carbocycles. The minimum absolute atomic E-state index is 0.157. The van der Waals surface area contributed by atoms with E-state index >= 15 is 0 Å². The average Bonchev–Trinajstić information content (AvgIpc) is 2.29. The Morgan fingerprint density at radius 1 is 1.35 bits per heavy atom. The maximum absolute atomic E-state index is 12.1. The largest absolute Gasteiger partial charge is 0.484 e. The molecule has 2 aliphatic rings. The van der Waals surface area contributed by atoms with Crippen molar-refractivity contribution in [2.24, 2.45) is 0 Å². The standard InChI is InChI=1S/C13H13BrO3/c14-9-2-3-10-11(15)7-13(17-12(10)6-9)4-1-5-16-8-13/h2-3,6H,1,4-5,7-8H2. The van der Waals surface area contributed by atoms with E-state index in [9.17, 15) is 4.79 Å². The quantitative estimate of drug-likeness (QED) is 0.738. The zero-order valence-corrected chi connectivity index (χ0v) is 11.0. The first-order valence-corrected chi connectivity index (χ1v) is 6.57. The van der Waals surface area contributed by atoms with Gasteiger partial charge in [-0.3, -0.25) is 4.79 Å². The number of ether oxygens (including phenoxy) is 2. The summed E-state index contributed by atoms with van der Waals surface area (Å²) >= 11 is 3.40. The van der Waals surface area contributed by atoms with Crippen LogP contribution in [-0.4, -0.2) is 24.6 Å². The average molecular weight is 297 g/mol. The van der Waals surface area contributed by atoms with E-state index in [1.54, 1.807) is 0 Å². The van der Waals surface area contributed by atoms with Crippen LogP contribution in [0.2, 0.25) is 0 Å². The van der Waals surface area contributed by atoms with Crippen LogP contribution in [0.4, 0.5) is 0 Å². The van der Waals surface area contributed by atoms with Crippen LogP contribution in [0, 0.1) is 0 Å². The smallest absolute Gasteiger partial charge is 0.170 e. The van der Waals surface area contributed by atoms with Gasteiger partial charge in [0.1, 0.15) is 11.4 Å². The van der Waals surface area contributed by atoms with E-state index in [4.69, 9.17) is 9.47 Å². The van der Waals surface area contributed by atoms with Gasteiger partial charge in [0.15, 0.2) is 5.78 Å². The van der Waals surface area contributed by atoms with Crippen LogP contribution >= 0.6 is 15.9 Å². The van der Waals surface area contributed by atoms with Crippen LogP contribution < -0.4 is 4.74 Å². The Bertz CT molecular complexity index is 464. The predicted molar refractivity (Wildman–Crippen MR) is 66.5 cm³/mol. The van der Waals surface area contributed by atoms with Gasteiger partial charge in [-0.2, -0.15) is 0 Å². The number of halogens is 1. The molecule has 0 bridgehead atoms. The number of hydrogen-bond acceptors (Lipinski definition) is 3. The molecule has 3 rings (SSSR count). The van der Waals surface area contributed by atoms with E-state index in [1.807, 2.05) is 18.2 Å². The Morgan fingerprint density at radius 2 is 2.24 bits per heavy atom. The first-order chi connectivity index (χ1) is 8.19. The third-order valence-corrected chi connectivity index (χ3v) is 3.83. The molecule has 1 atom stereocenters. The molecule has 90 valence electrons. The lowest BCUT2D eigenvalue weighted by Crippen LogP contribution is -2.48. The molecule has 1 aromatic rings. The van der Waals surface area contributed by atoms with E-state index in [1.165, 1.54) is 0 Å². The van der Waals surface area contributed by atoms with E-state index in [0.717, 1.165) is 23.9 Å². The zero-order chi connectivity index (χ0) is 11.9. The van der Waals surface area contributed by atoms with Crippen molar-refractivity contribution >= 4 is 21.7 Å². The van der Waals surface area contributed by atoms with Gasteiger partial charge in [-0.1, -0.05) is 15.9 Å². The summed E-state index contributed by atoms with van der Waals surface area (Å²) in [5.74, 6) is 0.838. The van der Waals surface area contributed by atoms with Crippen molar-refractivity contribution in [1.29, 1.82) is 0 Å². The Morgan fingerprint density at radius 3 is 3.00 bits per heavy atom. The van der Waals surface area contributed by atoms with Crippen LogP contribution in [0.25, 0.3) is 0 Å². The summed E-state index contributed by atoms with van der Waals surface area (Å²) < 4.78 is 12.4. The fourth-order valence-corrected chi connectivity index (χ4v) is 2.85.